The molecule has 0 amide bonds. The van der Waals surface area contributed by atoms with Crippen LogP contribution in [-0.4, -0.2) is 31.6 Å². The lowest BCUT2D eigenvalue weighted by atomic mass is 9.95. The van der Waals surface area contributed by atoms with Crippen LogP contribution in [-0.2, 0) is 11.2 Å². The highest BCUT2D eigenvalue weighted by molar-refractivity contribution is 7.10. The second-order valence-electron chi connectivity index (χ2n) is 6.45. The van der Waals surface area contributed by atoms with E-state index in [0.717, 1.165) is 31.6 Å². The molecular weight excluding hydrogens is 290 g/mol. The number of hydrogen-bond acceptors (Lipinski definition) is 3. The van der Waals surface area contributed by atoms with E-state index in [0.29, 0.717) is 0 Å². The van der Waals surface area contributed by atoms with E-state index in [1.54, 1.807) is 5.57 Å². The zero-order chi connectivity index (χ0) is 15.7. The van der Waals surface area contributed by atoms with Gasteiger partial charge in [-0.2, -0.15) is 0 Å². The third kappa shape index (κ3) is 2.92. The molecule has 0 N–H and O–H groups in total. The largest absolute Gasteiger partial charge is 0.488 e. The first-order chi connectivity index (χ1) is 10.6. The number of rotatable bonds is 4. The molecule has 2 aliphatic rings. The highest BCUT2D eigenvalue weighted by atomic mass is 32.1. The normalized spacial score (nSPS) is 21.4. The van der Waals surface area contributed by atoms with Gasteiger partial charge in [-0.15, -0.1) is 11.3 Å². The summed E-state index contributed by atoms with van der Waals surface area (Å²) >= 11 is 1.86. The Morgan fingerprint density at radius 2 is 2.23 bits per heavy atom. The molecule has 1 unspecified atom stereocenters. The molecule has 2 nitrogen and oxygen atoms in total. The van der Waals surface area contributed by atoms with Gasteiger partial charge in [-0.3, -0.25) is 0 Å². The predicted octanol–water partition coefficient (Wildman–Crippen LogP) is 4.65. The van der Waals surface area contributed by atoms with Crippen molar-refractivity contribution in [2.24, 2.45) is 0 Å². The molecule has 0 aromatic carbocycles. The minimum atomic E-state index is 0.281. The molecule has 1 atom stereocenters. The minimum Gasteiger partial charge on any atom is -0.488 e. The highest BCUT2D eigenvalue weighted by Gasteiger charge is 2.32. The van der Waals surface area contributed by atoms with Crippen molar-refractivity contribution < 1.29 is 4.74 Å². The molecule has 22 heavy (non-hydrogen) atoms. The monoisotopic (exact) mass is 315 g/mol. The second kappa shape index (κ2) is 6.43. The molecule has 1 aliphatic heterocycles. The summed E-state index contributed by atoms with van der Waals surface area (Å²) < 4.78 is 6.36. The molecule has 3 rings (SSSR count). The number of thiophene rings is 1. The topological polar surface area (TPSA) is 12.5 Å². The van der Waals surface area contributed by atoms with Gasteiger partial charge in [-0.25, -0.2) is 0 Å². The summed E-state index contributed by atoms with van der Waals surface area (Å²) in [6, 6.07) is 2.24. The van der Waals surface area contributed by atoms with E-state index in [4.69, 9.17) is 4.74 Å². The average Bonchev–Trinajstić information content (AvgIpc) is 3.06. The molecule has 1 aromatic heterocycles. The fourth-order valence-electron chi connectivity index (χ4n) is 3.36. The summed E-state index contributed by atoms with van der Waals surface area (Å²) in [7, 11) is 4.23. The van der Waals surface area contributed by atoms with Crippen LogP contribution in [0.5, 0.6) is 0 Å². The van der Waals surface area contributed by atoms with Gasteiger partial charge in [0.1, 0.15) is 11.9 Å². The molecule has 3 heteroatoms. The fraction of sp³-hybridized carbons (Fsp3) is 0.474. The lowest BCUT2D eigenvalue weighted by Gasteiger charge is -2.18. The maximum absolute atomic E-state index is 6.36. The number of nitrogens with zero attached hydrogens (tertiary/aromatic N) is 1. The SMILES string of the molecule is C/C=C\CC1=C(C)C2=C(OC(CN(C)C)C2)c2ccsc2C1. The molecule has 0 fully saturated rings. The van der Waals surface area contributed by atoms with Crippen molar-refractivity contribution in [1.82, 2.24) is 4.90 Å². The van der Waals surface area contributed by atoms with E-state index in [1.807, 2.05) is 11.3 Å². The number of ether oxygens (including phenoxy) is 1. The number of likely N-dealkylation sites (N-methyl/N-ethyl adjacent to an activating group) is 1. The van der Waals surface area contributed by atoms with Crippen LogP contribution < -0.4 is 0 Å². The van der Waals surface area contributed by atoms with E-state index in [1.165, 1.54) is 21.6 Å². The summed E-state index contributed by atoms with van der Waals surface area (Å²) in [5, 5.41) is 2.20. The lowest BCUT2D eigenvalue weighted by molar-refractivity contribution is 0.151. The van der Waals surface area contributed by atoms with Crippen LogP contribution in [0, 0.1) is 0 Å². The molecule has 0 saturated carbocycles. The van der Waals surface area contributed by atoms with Crippen LogP contribution in [0.4, 0.5) is 0 Å². The summed E-state index contributed by atoms with van der Waals surface area (Å²) in [6.45, 7) is 5.36. The van der Waals surface area contributed by atoms with E-state index in [2.05, 4.69) is 56.4 Å². The number of fused-ring (bicyclic) bond motifs is 2. The van der Waals surface area contributed by atoms with Crippen molar-refractivity contribution >= 4 is 17.1 Å². The fourth-order valence-corrected chi connectivity index (χ4v) is 4.28. The first-order valence-electron chi connectivity index (χ1n) is 8.01. The summed E-state index contributed by atoms with van der Waals surface area (Å²) in [5.41, 5.74) is 5.76. The van der Waals surface area contributed by atoms with Gasteiger partial charge in [0.2, 0.25) is 0 Å². The Balaban J connectivity index is 1.98. The first kappa shape index (κ1) is 15.6. The zero-order valence-corrected chi connectivity index (χ0v) is 14.8. The van der Waals surface area contributed by atoms with Crippen LogP contribution in [0.25, 0.3) is 5.76 Å². The molecular formula is C19H25NOS. The van der Waals surface area contributed by atoms with Crippen molar-refractivity contribution in [1.29, 1.82) is 0 Å². The Bertz CT molecular complexity index is 648. The molecule has 0 saturated heterocycles. The number of allylic oxidation sites excluding steroid dienone is 4. The van der Waals surface area contributed by atoms with Gasteiger partial charge < -0.3 is 9.64 Å². The quantitative estimate of drug-likeness (QED) is 0.750. The molecule has 118 valence electrons. The Morgan fingerprint density at radius 3 is 2.95 bits per heavy atom. The first-order valence-corrected chi connectivity index (χ1v) is 8.89. The van der Waals surface area contributed by atoms with Crippen molar-refractivity contribution in [3.05, 3.63) is 50.8 Å². The van der Waals surface area contributed by atoms with Gasteiger partial charge in [-0.1, -0.05) is 17.7 Å². The van der Waals surface area contributed by atoms with Crippen molar-refractivity contribution in [3.63, 3.8) is 0 Å². The van der Waals surface area contributed by atoms with Gasteiger partial charge in [0.05, 0.1) is 0 Å². The van der Waals surface area contributed by atoms with Gasteiger partial charge >= 0.3 is 0 Å². The third-order valence-corrected chi connectivity index (χ3v) is 5.43. The average molecular weight is 315 g/mol. The van der Waals surface area contributed by atoms with E-state index in [-0.39, 0.29) is 6.10 Å². The molecule has 2 heterocycles. The molecule has 1 aromatic rings. The van der Waals surface area contributed by atoms with Crippen LogP contribution in [0.1, 0.15) is 37.1 Å². The molecule has 1 aliphatic carbocycles. The molecule has 0 radical (unpaired) electrons. The second-order valence-corrected chi connectivity index (χ2v) is 7.45. The van der Waals surface area contributed by atoms with Crippen LogP contribution in [0.2, 0.25) is 0 Å². The Hall–Kier alpha value is -1.32. The van der Waals surface area contributed by atoms with E-state index >= 15 is 0 Å². The lowest BCUT2D eigenvalue weighted by Crippen LogP contribution is -2.25. The van der Waals surface area contributed by atoms with E-state index in [9.17, 15) is 0 Å². The Kier molecular flexibility index (Phi) is 4.55. The number of hydrogen-bond donors (Lipinski definition) is 0. The van der Waals surface area contributed by atoms with Crippen molar-refractivity contribution in [2.45, 2.75) is 39.2 Å². The van der Waals surface area contributed by atoms with Gasteiger partial charge in [0, 0.05) is 35.4 Å². The predicted molar refractivity (Wildman–Crippen MR) is 95.1 cm³/mol. The standard InChI is InChI=1S/C19H25NOS/c1-5-6-7-14-10-18-16(8-9-22-18)19-17(13(14)2)11-15(21-19)12-20(3)4/h5-6,8-9,15H,7,10-12H2,1-4H3/b6-5-. The summed E-state index contributed by atoms with van der Waals surface area (Å²) in [6.07, 6.45) is 7.85. The summed E-state index contributed by atoms with van der Waals surface area (Å²) in [5.74, 6) is 1.15. The Labute approximate surface area is 137 Å². The van der Waals surface area contributed by atoms with Crippen LogP contribution in [0.3, 0.4) is 0 Å². The minimum absolute atomic E-state index is 0.281. The maximum Gasteiger partial charge on any atom is 0.131 e. The van der Waals surface area contributed by atoms with Crippen molar-refractivity contribution in [2.75, 3.05) is 20.6 Å². The zero-order valence-electron chi connectivity index (χ0n) is 14.0. The van der Waals surface area contributed by atoms with Gasteiger partial charge in [0.15, 0.2) is 0 Å². The smallest absolute Gasteiger partial charge is 0.131 e. The molecule has 0 spiro atoms. The van der Waals surface area contributed by atoms with Crippen LogP contribution >= 0.6 is 11.3 Å². The van der Waals surface area contributed by atoms with Crippen LogP contribution in [0.15, 0.2) is 40.3 Å². The van der Waals surface area contributed by atoms with E-state index < -0.39 is 0 Å². The van der Waals surface area contributed by atoms with Gasteiger partial charge in [0.25, 0.3) is 0 Å². The van der Waals surface area contributed by atoms with Gasteiger partial charge in [-0.05, 0) is 51.4 Å². The summed E-state index contributed by atoms with van der Waals surface area (Å²) in [4.78, 5) is 3.67. The Morgan fingerprint density at radius 1 is 1.41 bits per heavy atom. The molecule has 0 bridgehead atoms. The third-order valence-electron chi connectivity index (χ3n) is 4.51. The van der Waals surface area contributed by atoms with Crippen molar-refractivity contribution in [3.8, 4) is 0 Å². The highest BCUT2D eigenvalue weighted by Crippen LogP contribution is 2.44. The maximum atomic E-state index is 6.36.